The molecule has 0 aliphatic rings. The van der Waals surface area contributed by atoms with Crippen LogP contribution in [0.1, 0.15) is 10.4 Å². The number of hydrogen-bond acceptors (Lipinski definition) is 3. The molecule has 0 bridgehead atoms. The van der Waals surface area contributed by atoms with Gasteiger partial charge in [0.05, 0.1) is 18.4 Å². The lowest BCUT2D eigenvalue weighted by Crippen LogP contribution is -2.00. The van der Waals surface area contributed by atoms with Crippen molar-refractivity contribution in [2.75, 3.05) is 7.11 Å². The van der Waals surface area contributed by atoms with Gasteiger partial charge in [-0.2, -0.15) is 0 Å². The Hall–Kier alpha value is -3.20. The molecule has 0 aliphatic heterocycles. The summed E-state index contributed by atoms with van der Waals surface area (Å²) >= 11 is 0. The van der Waals surface area contributed by atoms with Crippen LogP contribution in [0.25, 0.3) is 32.8 Å². The van der Waals surface area contributed by atoms with Gasteiger partial charge in [-0.15, -0.1) is 0 Å². The number of esters is 1. The highest BCUT2D eigenvalue weighted by Crippen LogP contribution is 2.32. The molecule has 0 fully saturated rings. The van der Waals surface area contributed by atoms with Gasteiger partial charge in [-0.25, -0.2) is 4.79 Å². The van der Waals surface area contributed by atoms with Gasteiger partial charge < -0.3 is 4.74 Å². The molecule has 4 rings (SSSR count). The Kier molecular flexibility index (Phi) is 3.47. The third-order valence-corrected chi connectivity index (χ3v) is 4.23. The molecule has 0 N–H and O–H groups in total. The van der Waals surface area contributed by atoms with Crippen LogP contribution in [0.2, 0.25) is 0 Å². The SMILES string of the molecule is COC(=O)c1ccc2cccc(-c3nccc4ccccc34)c2c1. The van der Waals surface area contributed by atoms with Crippen LogP contribution in [0.3, 0.4) is 0 Å². The number of hydrogen-bond donors (Lipinski definition) is 0. The van der Waals surface area contributed by atoms with Crippen LogP contribution in [0.15, 0.2) is 72.9 Å². The summed E-state index contributed by atoms with van der Waals surface area (Å²) in [5.74, 6) is -0.336. The van der Waals surface area contributed by atoms with Crippen LogP contribution in [0.4, 0.5) is 0 Å². The number of benzene rings is 3. The van der Waals surface area contributed by atoms with E-state index in [2.05, 4.69) is 17.1 Å². The minimum Gasteiger partial charge on any atom is -0.465 e. The van der Waals surface area contributed by atoms with Crippen molar-refractivity contribution >= 4 is 27.5 Å². The van der Waals surface area contributed by atoms with Gasteiger partial charge in [-0.05, 0) is 34.4 Å². The molecule has 0 amide bonds. The number of pyridine rings is 1. The highest BCUT2D eigenvalue weighted by molar-refractivity contribution is 6.06. The topological polar surface area (TPSA) is 39.2 Å². The fraction of sp³-hybridized carbons (Fsp3) is 0.0476. The molecule has 0 aliphatic carbocycles. The summed E-state index contributed by atoms with van der Waals surface area (Å²) in [7, 11) is 1.39. The van der Waals surface area contributed by atoms with E-state index in [1.807, 2.05) is 54.7 Å². The fourth-order valence-corrected chi connectivity index (χ4v) is 3.06. The van der Waals surface area contributed by atoms with Crippen molar-refractivity contribution in [2.24, 2.45) is 0 Å². The van der Waals surface area contributed by atoms with Gasteiger partial charge in [0.25, 0.3) is 0 Å². The molecule has 3 nitrogen and oxygen atoms in total. The highest BCUT2D eigenvalue weighted by atomic mass is 16.5. The lowest BCUT2D eigenvalue weighted by molar-refractivity contribution is 0.0601. The lowest BCUT2D eigenvalue weighted by Gasteiger charge is -2.10. The second kappa shape index (κ2) is 5.78. The molecule has 1 aromatic heterocycles. The Bertz CT molecular complexity index is 1060. The first-order valence-corrected chi connectivity index (χ1v) is 7.73. The molecular weight excluding hydrogens is 298 g/mol. The van der Waals surface area contributed by atoms with Gasteiger partial charge >= 0.3 is 5.97 Å². The van der Waals surface area contributed by atoms with E-state index in [1.54, 1.807) is 6.07 Å². The number of carbonyl (C=O) groups is 1. The number of aromatic nitrogens is 1. The number of methoxy groups -OCH3 is 1. The zero-order chi connectivity index (χ0) is 16.5. The van der Waals surface area contributed by atoms with E-state index < -0.39 is 0 Å². The number of nitrogens with zero attached hydrogens (tertiary/aromatic N) is 1. The number of ether oxygens (including phenoxy) is 1. The van der Waals surface area contributed by atoms with E-state index in [1.165, 1.54) is 7.11 Å². The standard InChI is InChI=1S/C21H15NO2/c1-24-21(23)16-10-9-14-6-4-8-18(19(14)13-16)20-17-7-3-2-5-15(17)11-12-22-20/h2-13H,1H3. The highest BCUT2D eigenvalue weighted by Gasteiger charge is 2.12. The van der Waals surface area contributed by atoms with Crippen molar-refractivity contribution in [2.45, 2.75) is 0 Å². The molecule has 0 saturated heterocycles. The normalized spacial score (nSPS) is 10.9. The van der Waals surface area contributed by atoms with Crippen LogP contribution < -0.4 is 0 Å². The second-order valence-electron chi connectivity index (χ2n) is 5.61. The Balaban J connectivity index is 2.03. The number of carbonyl (C=O) groups excluding carboxylic acids is 1. The molecule has 24 heavy (non-hydrogen) atoms. The number of rotatable bonds is 2. The van der Waals surface area contributed by atoms with E-state index in [9.17, 15) is 4.79 Å². The van der Waals surface area contributed by atoms with Crippen molar-refractivity contribution in [3.63, 3.8) is 0 Å². The first-order valence-electron chi connectivity index (χ1n) is 7.73. The lowest BCUT2D eigenvalue weighted by atomic mass is 9.97. The summed E-state index contributed by atoms with van der Waals surface area (Å²) in [5, 5.41) is 4.29. The van der Waals surface area contributed by atoms with Crippen LogP contribution in [0, 0.1) is 0 Å². The van der Waals surface area contributed by atoms with Crippen molar-refractivity contribution in [1.29, 1.82) is 0 Å². The van der Waals surface area contributed by atoms with Crippen LogP contribution in [0.5, 0.6) is 0 Å². The van der Waals surface area contributed by atoms with E-state index in [0.29, 0.717) is 5.56 Å². The van der Waals surface area contributed by atoms with E-state index >= 15 is 0 Å². The van der Waals surface area contributed by atoms with Gasteiger partial charge in [-0.1, -0.05) is 48.5 Å². The molecule has 0 atom stereocenters. The van der Waals surface area contributed by atoms with E-state index in [0.717, 1.165) is 32.8 Å². The molecule has 0 saturated carbocycles. The minimum absolute atomic E-state index is 0.336. The molecule has 0 spiro atoms. The Morgan fingerprint density at radius 1 is 0.875 bits per heavy atom. The smallest absolute Gasteiger partial charge is 0.337 e. The third-order valence-electron chi connectivity index (χ3n) is 4.23. The monoisotopic (exact) mass is 313 g/mol. The summed E-state index contributed by atoms with van der Waals surface area (Å²) in [5.41, 5.74) is 2.47. The van der Waals surface area contributed by atoms with Crippen molar-refractivity contribution < 1.29 is 9.53 Å². The average Bonchev–Trinajstić information content (AvgIpc) is 2.66. The summed E-state index contributed by atoms with van der Waals surface area (Å²) in [4.78, 5) is 16.5. The average molecular weight is 313 g/mol. The summed E-state index contributed by atoms with van der Waals surface area (Å²) in [6.45, 7) is 0. The molecular formula is C21H15NO2. The van der Waals surface area contributed by atoms with Crippen molar-refractivity contribution in [3.05, 3.63) is 78.5 Å². The summed E-state index contributed by atoms with van der Waals surface area (Å²) in [6, 6.07) is 21.9. The Morgan fingerprint density at radius 2 is 1.67 bits per heavy atom. The maximum absolute atomic E-state index is 11.9. The predicted octanol–water partition coefficient (Wildman–Crippen LogP) is 4.84. The largest absolute Gasteiger partial charge is 0.465 e. The van der Waals surface area contributed by atoms with E-state index in [-0.39, 0.29) is 5.97 Å². The van der Waals surface area contributed by atoms with Gasteiger partial charge in [0, 0.05) is 17.1 Å². The van der Waals surface area contributed by atoms with Gasteiger partial charge in [0.1, 0.15) is 0 Å². The van der Waals surface area contributed by atoms with Crippen molar-refractivity contribution in [1.82, 2.24) is 4.98 Å². The molecule has 3 heteroatoms. The van der Waals surface area contributed by atoms with Gasteiger partial charge in [0.2, 0.25) is 0 Å². The maximum atomic E-state index is 11.9. The molecule has 3 aromatic carbocycles. The fourth-order valence-electron chi connectivity index (χ4n) is 3.06. The predicted molar refractivity (Wildman–Crippen MR) is 96.0 cm³/mol. The first kappa shape index (κ1) is 14.4. The van der Waals surface area contributed by atoms with Crippen LogP contribution in [-0.2, 0) is 4.74 Å². The summed E-state index contributed by atoms with van der Waals surface area (Å²) < 4.78 is 4.85. The van der Waals surface area contributed by atoms with Crippen molar-refractivity contribution in [3.8, 4) is 11.3 Å². The Morgan fingerprint density at radius 3 is 2.54 bits per heavy atom. The van der Waals surface area contributed by atoms with Crippen LogP contribution >= 0.6 is 0 Å². The first-order chi connectivity index (χ1) is 11.8. The Labute approximate surface area is 139 Å². The van der Waals surface area contributed by atoms with Gasteiger partial charge in [-0.3, -0.25) is 4.98 Å². The zero-order valence-electron chi connectivity index (χ0n) is 13.2. The molecule has 4 aromatic rings. The molecule has 0 unspecified atom stereocenters. The third kappa shape index (κ3) is 2.31. The molecule has 116 valence electrons. The zero-order valence-corrected chi connectivity index (χ0v) is 13.2. The quantitative estimate of drug-likeness (QED) is 0.497. The number of fused-ring (bicyclic) bond motifs is 2. The molecule has 0 radical (unpaired) electrons. The molecule has 1 heterocycles. The van der Waals surface area contributed by atoms with Gasteiger partial charge in [0.15, 0.2) is 0 Å². The van der Waals surface area contributed by atoms with E-state index in [4.69, 9.17) is 4.74 Å². The van der Waals surface area contributed by atoms with Crippen LogP contribution in [-0.4, -0.2) is 18.1 Å². The minimum atomic E-state index is -0.336. The maximum Gasteiger partial charge on any atom is 0.337 e. The second-order valence-corrected chi connectivity index (χ2v) is 5.61. The summed E-state index contributed by atoms with van der Waals surface area (Å²) in [6.07, 6.45) is 1.82.